The molecule has 0 saturated carbocycles. The van der Waals surface area contributed by atoms with Crippen LogP contribution in [0.5, 0.6) is 5.75 Å². The third-order valence-corrected chi connectivity index (χ3v) is 5.28. The molecule has 1 aliphatic rings. The molecule has 158 valence electrons. The third-order valence-electron chi connectivity index (χ3n) is 5.28. The standard InChI is InChI=1S/C24H28N2O4/c1-16-9-11-17(12-10-16)22(27)20-21(18-7-5-8-19(15-18)30-4)26(24(29)23(20)28)14-6-13-25(2)3/h5,7-12,15,21,27H,6,13-14H2,1-4H3/t21-/m0/s1. The van der Waals surface area contributed by atoms with E-state index < -0.39 is 17.7 Å². The van der Waals surface area contributed by atoms with Gasteiger partial charge in [-0.3, -0.25) is 9.59 Å². The molecule has 6 nitrogen and oxygen atoms in total. The first kappa shape index (κ1) is 21.6. The number of hydrogen-bond acceptors (Lipinski definition) is 5. The Morgan fingerprint density at radius 2 is 1.83 bits per heavy atom. The number of methoxy groups -OCH3 is 1. The molecule has 0 radical (unpaired) electrons. The number of ketones is 1. The second kappa shape index (κ2) is 9.13. The number of benzene rings is 2. The van der Waals surface area contributed by atoms with Crippen molar-refractivity contribution in [2.24, 2.45) is 0 Å². The van der Waals surface area contributed by atoms with Crippen LogP contribution in [-0.4, -0.2) is 60.9 Å². The third kappa shape index (κ3) is 4.39. The van der Waals surface area contributed by atoms with Crippen LogP contribution in [0.2, 0.25) is 0 Å². The summed E-state index contributed by atoms with van der Waals surface area (Å²) in [5.41, 5.74) is 2.40. The van der Waals surface area contributed by atoms with Crippen LogP contribution in [0.4, 0.5) is 0 Å². The van der Waals surface area contributed by atoms with Gasteiger partial charge in [-0.05, 0) is 51.7 Å². The lowest BCUT2D eigenvalue weighted by Crippen LogP contribution is -2.32. The van der Waals surface area contributed by atoms with Gasteiger partial charge in [0.25, 0.3) is 11.7 Å². The van der Waals surface area contributed by atoms with Crippen LogP contribution >= 0.6 is 0 Å². The Morgan fingerprint density at radius 3 is 2.47 bits per heavy atom. The molecule has 30 heavy (non-hydrogen) atoms. The number of nitrogens with zero attached hydrogens (tertiary/aromatic N) is 2. The summed E-state index contributed by atoms with van der Waals surface area (Å²) in [5.74, 6) is -0.779. The summed E-state index contributed by atoms with van der Waals surface area (Å²) >= 11 is 0. The number of carbonyl (C=O) groups is 2. The maximum absolute atomic E-state index is 13.0. The highest BCUT2D eigenvalue weighted by Gasteiger charge is 2.45. The van der Waals surface area contributed by atoms with Gasteiger partial charge < -0.3 is 19.6 Å². The van der Waals surface area contributed by atoms with Gasteiger partial charge in [0.15, 0.2) is 0 Å². The van der Waals surface area contributed by atoms with Gasteiger partial charge in [-0.2, -0.15) is 0 Å². The topological polar surface area (TPSA) is 70.1 Å². The molecule has 6 heteroatoms. The molecule has 1 amide bonds. The van der Waals surface area contributed by atoms with Gasteiger partial charge in [0.2, 0.25) is 0 Å². The van der Waals surface area contributed by atoms with Gasteiger partial charge in [-0.1, -0.05) is 42.0 Å². The fourth-order valence-corrected chi connectivity index (χ4v) is 3.69. The number of aliphatic hydroxyl groups excluding tert-OH is 1. The van der Waals surface area contributed by atoms with E-state index in [2.05, 4.69) is 0 Å². The Bertz CT molecular complexity index is 963. The number of Topliss-reactive ketones (excluding diaryl/α,β-unsaturated/α-hetero) is 1. The van der Waals surface area contributed by atoms with Crippen molar-refractivity contribution in [3.05, 3.63) is 70.8 Å². The molecule has 0 bridgehead atoms. The minimum atomic E-state index is -0.663. The van der Waals surface area contributed by atoms with Gasteiger partial charge in [-0.25, -0.2) is 0 Å². The second-order valence-corrected chi connectivity index (χ2v) is 7.79. The summed E-state index contributed by atoms with van der Waals surface area (Å²) in [6.07, 6.45) is 0.713. The molecule has 0 unspecified atom stereocenters. The molecule has 3 rings (SSSR count). The predicted molar refractivity (Wildman–Crippen MR) is 116 cm³/mol. The summed E-state index contributed by atoms with van der Waals surface area (Å²) in [5, 5.41) is 11.0. The van der Waals surface area contributed by atoms with Gasteiger partial charge in [0, 0.05) is 12.1 Å². The van der Waals surface area contributed by atoms with E-state index in [1.807, 2.05) is 56.3 Å². The van der Waals surface area contributed by atoms with Crippen LogP contribution in [-0.2, 0) is 9.59 Å². The normalized spacial score (nSPS) is 18.3. The quantitative estimate of drug-likeness (QED) is 0.432. The predicted octanol–water partition coefficient (Wildman–Crippen LogP) is 3.38. The zero-order valence-electron chi connectivity index (χ0n) is 17.9. The number of aryl methyl sites for hydroxylation is 1. The van der Waals surface area contributed by atoms with Crippen LogP contribution < -0.4 is 4.74 Å². The largest absolute Gasteiger partial charge is 0.507 e. The van der Waals surface area contributed by atoms with Gasteiger partial charge in [-0.15, -0.1) is 0 Å². The molecule has 0 aliphatic carbocycles. The van der Waals surface area contributed by atoms with Gasteiger partial charge in [0.05, 0.1) is 18.7 Å². The van der Waals surface area contributed by atoms with Crippen LogP contribution in [0, 0.1) is 6.92 Å². The highest BCUT2D eigenvalue weighted by atomic mass is 16.5. The van der Waals surface area contributed by atoms with Crippen molar-refractivity contribution in [1.82, 2.24) is 9.80 Å². The Morgan fingerprint density at radius 1 is 1.13 bits per heavy atom. The highest BCUT2D eigenvalue weighted by Crippen LogP contribution is 2.40. The first-order valence-electron chi connectivity index (χ1n) is 9.97. The Labute approximate surface area is 177 Å². The number of ether oxygens (including phenoxy) is 1. The molecule has 1 atom stereocenters. The fraction of sp³-hybridized carbons (Fsp3) is 0.333. The van der Waals surface area contributed by atoms with E-state index in [0.717, 1.165) is 17.7 Å². The van der Waals surface area contributed by atoms with Gasteiger partial charge >= 0.3 is 0 Å². The first-order chi connectivity index (χ1) is 14.3. The summed E-state index contributed by atoms with van der Waals surface area (Å²) in [4.78, 5) is 29.5. The number of hydrogen-bond donors (Lipinski definition) is 1. The number of rotatable bonds is 7. The molecule has 0 aromatic heterocycles. The maximum Gasteiger partial charge on any atom is 0.295 e. The van der Waals surface area contributed by atoms with Crippen LogP contribution in [0.25, 0.3) is 5.76 Å². The molecule has 1 fully saturated rings. The van der Waals surface area contributed by atoms with Crippen molar-refractivity contribution < 1.29 is 19.4 Å². The number of carbonyl (C=O) groups excluding carboxylic acids is 2. The Hall–Kier alpha value is -3.12. The molecule has 2 aromatic carbocycles. The second-order valence-electron chi connectivity index (χ2n) is 7.79. The lowest BCUT2D eigenvalue weighted by Gasteiger charge is -2.26. The fourth-order valence-electron chi connectivity index (χ4n) is 3.69. The summed E-state index contributed by atoms with van der Waals surface area (Å²) in [6, 6.07) is 13.9. The molecular weight excluding hydrogens is 380 g/mol. The highest BCUT2D eigenvalue weighted by molar-refractivity contribution is 6.46. The van der Waals surface area contributed by atoms with E-state index in [0.29, 0.717) is 24.3 Å². The zero-order chi connectivity index (χ0) is 21.8. The van der Waals surface area contributed by atoms with E-state index in [1.54, 1.807) is 30.2 Å². The smallest absolute Gasteiger partial charge is 0.295 e. The van der Waals surface area contributed by atoms with Crippen LogP contribution in [0.1, 0.15) is 29.2 Å². The van der Waals surface area contributed by atoms with Crippen LogP contribution in [0.15, 0.2) is 54.1 Å². The average molecular weight is 408 g/mol. The molecule has 1 saturated heterocycles. The number of amides is 1. The molecular formula is C24H28N2O4. The average Bonchev–Trinajstić information content (AvgIpc) is 2.98. The van der Waals surface area contributed by atoms with Crippen LogP contribution in [0.3, 0.4) is 0 Å². The van der Waals surface area contributed by atoms with Gasteiger partial charge in [0.1, 0.15) is 11.5 Å². The van der Waals surface area contributed by atoms with Crippen molar-refractivity contribution in [2.75, 3.05) is 34.3 Å². The summed E-state index contributed by atoms with van der Waals surface area (Å²) < 4.78 is 5.34. The lowest BCUT2D eigenvalue weighted by molar-refractivity contribution is -0.139. The Kier molecular flexibility index (Phi) is 6.57. The zero-order valence-corrected chi connectivity index (χ0v) is 17.9. The van der Waals surface area contributed by atoms with E-state index >= 15 is 0 Å². The first-order valence-corrected chi connectivity index (χ1v) is 9.97. The van der Waals surface area contributed by atoms with E-state index in [-0.39, 0.29) is 11.3 Å². The van der Waals surface area contributed by atoms with E-state index in [4.69, 9.17) is 4.74 Å². The van der Waals surface area contributed by atoms with Crippen molar-refractivity contribution in [3.63, 3.8) is 0 Å². The van der Waals surface area contributed by atoms with Crippen molar-refractivity contribution in [3.8, 4) is 5.75 Å². The maximum atomic E-state index is 13.0. The Balaban J connectivity index is 2.10. The summed E-state index contributed by atoms with van der Waals surface area (Å²) in [6.45, 7) is 3.14. The molecule has 1 aliphatic heterocycles. The minimum Gasteiger partial charge on any atom is -0.507 e. The van der Waals surface area contributed by atoms with Crippen molar-refractivity contribution >= 4 is 17.4 Å². The summed E-state index contributed by atoms with van der Waals surface area (Å²) in [7, 11) is 5.50. The van der Waals surface area contributed by atoms with Crippen molar-refractivity contribution in [2.45, 2.75) is 19.4 Å². The minimum absolute atomic E-state index is 0.113. The van der Waals surface area contributed by atoms with E-state index in [1.165, 1.54) is 0 Å². The lowest BCUT2D eigenvalue weighted by atomic mass is 9.95. The van der Waals surface area contributed by atoms with E-state index in [9.17, 15) is 14.7 Å². The van der Waals surface area contributed by atoms with Crippen molar-refractivity contribution in [1.29, 1.82) is 0 Å². The molecule has 1 N–H and O–H groups in total. The molecule has 0 spiro atoms. The SMILES string of the molecule is COc1cccc([C@H]2C(=C(O)c3ccc(C)cc3)C(=O)C(=O)N2CCCN(C)C)c1. The monoisotopic (exact) mass is 408 g/mol. The molecule has 1 heterocycles. The molecule has 2 aromatic rings. The number of aliphatic hydroxyl groups is 1. The number of likely N-dealkylation sites (tertiary alicyclic amines) is 1.